The number of amides is 1. The lowest BCUT2D eigenvalue weighted by atomic mass is 10.1. The number of nitrogens with one attached hydrogen (secondary N) is 3. The van der Waals surface area contributed by atoms with Crippen molar-refractivity contribution in [2.24, 2.45) is 0 Å². The molecule has 1 aliphatic heterocycles. The summed E-state index contributed by atoms with van der Waals surface area (Å²) in [6.07, 6.45) is 2.06. The van der Waals surface area contributed by atoms with E-state index in [1.54, 1.807) is 18.2 Å². The van der Waals surface area contributed by atoms with Crippen LogP contribution in [0.3, 0.4) is 0 Å². The maximum absolute atomic E-state index is 12.3. The van der Waals surface area contributed by atoms with Crippen molar-refractivity contribution in [2.75, 3.05) is 6.61 Å². The van der Waals surface area contributed by atoms with Crippen LogP contribution in [0, 0.1) is 4.77 Å². The van der Waals surface area contributed by atoms with Crippen LogP contribution in [0.15, 0.2) is 23.0 Å². The molecule has 0 unspecified atom stereocenters. The highest BCUT2D eigenvalue weighted by atomic mass is 32.1. The van der Waals surface area contributed by atoms with Crippen LogP contribution >= 0.6 is 12.2 Å². The van der Waals surface area contributed by atoms with Crippen LogP contribution in [0.1, 0.15) is 30.1 Å². The van der Waals surface area contributed by atoms with Crippen LogP contribution in [0.4, 0.5) is 0 Å². The molecule has 1 saturated heterocycles. The van der Waals surface area contributed by atoms with Crippen LogP contribution in [-0.2, 0) is 4.74 Å². The Kier molecular flexibility index (Phi) is 4.08. The molecule has 1 aromatic carbocycles. The Morgan fingerprint density at radius 2 is 2.27 bits per heavy atom. The summed E-state index contributed by atoms with van der Waals surface area (Å²) in [4.78, 5) is 29.5. The van der Waals surface area contributed by atoms with Gasteiger partial charge < -0.3 is 15.0 Å². The van der Waals surface area contributed by atoms with Gasteiger partial charge in [-0.1, -0.05) is 0 Å². The van der Waals surface area contributed by atoms with Gasteiger partial charge in [0.1, 0.15) is 0 Å². The topological polar surface area (TPSA) is 87.0 Å². The Labute approximate surface area is 131 Å². The highest BCUT2D eigenvalue weighted by molar-refractivity contribution is 7.71. The van der Waals surface area contributed by atoms with Crippen LogP contribution in [0.5, 0.6) is 0 Å². The van der Waals surface area contributed by atoms with Gasteiger partial charge in [-0.3, -0.25) is 14.6 Å². The molecule has 1 amide bonds. The first kappa shape index (κ1) is 14.9. The van der Waals surface area contributed by atoms with E-state index in [4.69, 9.17) is 17.0 Å². The third-order valence-electron chi connectivity index (χ3n) is 3.88. The summed E-state index contributed by atoms with van der Waals surface area (Å²) < 4.78 is 5.81. The van der Waals surface area contributed by atoms with Crippen molar-refractivity contribution < 1.29 is 9.53 Å². The summed E-state index contributed by atoms with van der Waals surface area (Å²) >= 11 is 4.95. The van der Waals surface area contributed by atoms with Crippen molar-refractivity contribution in [1.82, 2.24) is 15.3 Å². The lowest BCUT2D eigenvalue weighted by Crippen LogP contribution is -2.40. The van der Waals surface area contributed by atoms with E-state index in [1.165, 1.54) is 0 Å². The average molecular weight is 319 g/mol. The summed E-state index contributed by atoms with van der Waals surface area (Å²) in [6, 6.07) is 4.83. The minimum absolute atomic E-state index is 0.0524. The van der Waals surface area contributed by atoms with E-state index in [1.807, 2.05) is 6.92 Å². The summed E-state index contributed by atoms with van der Waals surface area (Å²) in [5.74, 6) is -0.190. The number of hydrogen-bond acceptors (Lipinski definition) is 4. The summed E-state index contributed by atoms with van der Waals surface area (Å²) in [6.45, 7) is 2.69. The number of aromatic nitrogens is 2. The van der Waals surface area contributed by atoms with E-state index < -0.39 is 0 Å². The molecule has 0 spiro atoms. The van der Waals surface area contributed by atoms with Gasteiger partial charge in [-0.05, 0) is 50.2 Å². The van der Waals surface area contributed by atoms with E-state index in [0.29, 0.717) is 16.5 Å². The second kappa shape index (κ2) is 6.02. The minimum Gasteiger partial charge on any atom is -0.376 e. The van der Waals surface area contributed by atoms with E-state index in [-0.39, 0.29) is 28.4 Å². The van der Waals surface area contributed by atoms with Crippen molar-refractivity contribution >= 4 is 29.0 Å². The molecule has 7 heteroatoms. The lowest BCUT2D eigenvalue weighted by molar-refractivity contribution is 0.0712. The number of fused-ring (bicyclic) bond motifs is 1. The Morgan fingerprint density at radius 3 is 3.00 bits per heavy atom. The monoisotopic (exact) mass is 319 g/mol. The van der Waals surface area contributed by atoms with Gasteiger partial charge in [-0.2, -0.15) is 0 Å². The lowest BCUT2D eigenvalue weighted by Gasteiger charge is -2.20. The maximum atomic E-state index is 12.3. The van der Waals surface area contributed by atoms with Gasteiger partial charge >= 0.3 is 0 Å². The van der Waals surface area contributed by atoms with Gasteiger partial charge in [-0.25, -0.2) is 0 Å². The quantitative estimate of drug-likeness (QED) is 0.754. The Morgan fingerprint density at radius 1 is 1.45 bits per heavy atom. The number of ether oxygens (including phenoxy) is 1. The van der Waals surface area contributed by atoms with Crippen LogP contribution < -0.4 is 10.9 Å². The number of H-pyrrole nitrogens is 2. The molecule has 2 aromatic rings. The molecule has 0 saturated carbocycles. The van der Waals surface area contributed by atoms with E-state index in [2.05, 4.69) is 15.3 Å². The van der Waals surface area contributed by atoms with Gasteiger partial charge in [-0.15, -0.1) is 0 Å². The number of aromatic amines is 2. The average Bonchev–Trinajstić information content (AvgIpc) is 3.00. The molecule has 0 aliphatic carbocycles. The van der Waals surface area contributed by atoms with Crippen molar-refractivity contribution in [1.29, 1.82) is 0 Å². The van der Waals surface area contributed by atoms with Crippen molar-refractivity contribution in [2.45, 2.75) is 31.9 Å². The van der Waals surface area contributed by atoms with Gasteiger partial charge in [0.15, 0.2) is 4.77 Å². The standard InChI is InChI=1S/C15H17N3O3S/c1-8(12-3-2-6-21-12)16-13(19)9-4-5-10-11(7-9)17-15(22)18-14(10)20/h4-5,7-8,12H,2-3,6H2,1H3,(H,16,19)(H2,17,18,20,22)/t8-,12+/m1/s1. The van der Waals surface area contributed by atoms with Gasteiger partial charge in [0, 0.05) is 12.2 Å². The summed E-state index contributed by atoms with van der Waals surface area (Å²) in [5.41, 5.74) is 0.762. The van der Waals surface area contributed by atoms with Crippen molar-refractivity contribution in [3.8, 4) is 0 Å². The van der Waals surface area contributed by atoms with Gasteiger partial charge in [0.25, 0.3) is 11.5 Å². The number of carbonyl (C=O) groups is 1. The fraction of sp³-hybridized carbons (Fsp3) is 0.400. The highest BCUT2D eigenvalue weighted by Crippen LogP contribution is 2.16. The van der Waals surface area contributed by atoms with E-state index >= 15 is 0 Å². The van der Waals surface area contributed by atoms with Gasteiger partial charge in [0.05, 0.1) is 23.0 Å². The molecule has 22 heavy (non-hydrogen) atoms. The number of carbonyl (C=O) groups excluding carboxylic acids is 1. The first-order valence-electron chi connectivity index (χ1n) is 7.23. The Bertz CT molecular complexity index is 821. The summed E-state index contributed by atoms with van der Waals surface area (Å²) in [5, 5.41) is 3.41. The highest BCUT2D eigenvalue weighted by Gasteiger charge is 2.24. The predicted molar refractivity (Wildman–Crippen MR) is 85.7 cm³/mol. The Balaban J connectivity index is 1.84. The first-order valence-corrected chi connectivity index (χ1v) is 7.64. The van der Waals surface area contributed by atoms with Gasteiger partial charge in [0.2, 0.25) is 0 Å². The van der Waals surface area contributed by atoms with Crippen molar-refractivity contribution in [3.63, 3.8) is 0 Å². The minimum atomic E-state index is -0.265. The molecule has 116 valence electrons. The number of benzene rings is 1. The zero-order valence-electron chi connectivity index (χ0n) is 12.1. The predicted octanol–water partition coefficient (Wildman–Crippen LogP) is 1.88. The molecular weight excluding hydrogens is 302 g/mol. The molecule has 3 rings (SSSR count). The molecule has 1 aliphatic rings. The molecule has 6 nitrogen and oxygen atoms in total. The molecular formula is C15H17N3O3S. The van der Waals surface area contributed by atoms with Crippen LogP contribution in [0.25, 0.3) is 10.9 Å². The van der Waals surface area contributed by atoms with Crippen LogP contribution in [0.2, 0.25) is 0 Å². The smallest absolute Gasteiger partial charge is 0.259 e. The molecule has 0 bridgehead atoms. The number of hydrogen-bond donors (Lipinski definition) is 3. The maximum Gasteiger partial charge on any atom is 0.259 e. The largest absolute Gasteiger partial charge is 0.376 e. The molecule has 0 radical (unpaired) electrons. The van der Waals surface area contributed by atoms with Crippen LogP contribution in [-0.4, -0.2) is 34.6 Å². The second-order valence-corrected chi connectivity index (χ2v) is 5.89. The third kappa shape index (κ3) is 2.95. The van der Waals surface area contributed by atoms with Crippen molar-refractivity contribution in [3.05, 3.63) is 38.9 Å². The third-order valence-corrected chi connectivity index (χ3v) is 4.09. The molecule has 1 aromatic heterocycles. The normalized spacial score (nSPS) is 19.2. The molecule has 2 heterocycles. The number of rotatable bonds is 3. The molecule has 1 fully saturated rings. The zero-order chi connectivity index (χ0) is 15.7. The van der Waals surface area contributed by atoms with E-state index in [9.17, 15) is 9.59 Å². The molecule has 2 atom stereocenters. The fourth-order valence-corrected chi connectivity index (χ4v) is 2.89. The first-order chi connectivity index (χ1) is 10.5. The second-order valence-electron chi connectivity index (χ2n) is 5.48. The molecule has 3 N–H and O–H groups in total. The summed E-state index contributed by atoms with van der Waals surface area (Å²) in [7, 11) is 0. The fourth-order valence-electron chi connectivity index (χ4n) is 2.69. The Hall–Kier alpha value is -1.99. The SMILES string of the molecule is C[C@@H](NC(=O)c1ccc2c(=O)[nH]c(=S)[nH]c2c1)[C@@H]1CCCO1. The van der Waals surface area contributed by atoms with E-state index in [0.717, 1.165) is 19.4 Å². The zero-order valence-corrected chi connectivity index (χ0v) is 13.0.